The molecule has 0 unspecified atom stereocenters. The molecular formula is C20H24ClN5O4S. The smallest absolute Gasteiger partial charge is 0.258 e. The Bertz CT molecular complexity index is 1070. The average molecular weight is 466 g/mol. The number of hydrogen-bond donors (Lipinski definition) is 3. The molecular weight excluding hydrogens is 442 g/mol. The second kappa shape index (κ2) is 9.73. The van der Waals surface area contributed by atoms with Gasteiger partial charge in [-0.05, 0) is 56.3 Å². The molecule has 1 aromatic carbocycles. The van der Waals surface area contributed by atoms with Crippen molar-refractivity contribution in [1.29, 1.82) is 0 Å². The fraction of sp³-hybridized carbons (Fsp3) is 0.350. The first-order chi connectivity index (χ1) is 14.7. The zero-order valence-electron chi connectivity index (χ0n) is 17.2. The predicted molar refractivity (Wildman–Crippen MR) is 119 cm³/mol. The minimum atomic E-state index is -3.78. The molecule has 31 heavy (non-hydrogen) atoms. The zero-order valence-corrected chi connectivity index (χ0v) is 18.8. The molecule has 0 saturated carbocycles. The van der Waals surface area contributed by atoms with Crippen molar-refractivity contribution >= 4 is 44.9 Å². The molecule has 1 aliphatic heterocycles. The van der Waals surface area contributed by atoms with Gasteiger partial charge in [-0.25, -0.2) is 17.7 Å². The van der Waals surface area contributed by atoms with Gasteiger partial charge in [0, 0.05) is 26.2 Å². The number of benzene rings is 1. The highest BCUT2D eigenvalue weighted by molar-refractivity contribution is 7.89. The Hall–Kier alpha value is -2.53. The Morgan fingerprint density at radius 2 is 1.84 bits per heavy atom. The van der Waals surface area contributed by atoms with Crippen LogP contribution in [0.3, 0.4) is 0 Å². The monoisotopic (exact) mass is 465 g/mol. The van der Waals surface area contributed by atoms with Crippen LogP contribution in [0.2, 0.25) is 5.02 Å². The second-order valence-electron chi connectivity index (χ2n) is 7.32. The van der Waals surface area contributed by atoms with E-state index < -0.39 is 15.9 Å². The minimum absolute atomic E-state index is 0.0157. The van der Waals surface area contributed by atoms with E-state index in [1.165, 1.54) is 44.6 Å². The molecule has 3 rings (SSSR count). The Balaban J connectivity index is 1.94. The van der Waals surface area contributed by atoms with Gasteiger partial charge in [0.15, 0.2) is 0 Å². The molecule has 0 spiro atoms. The summed E-state index contributed by atoms with van der Waals surface area (Å²) in [6, 6.07) is 7.13. The van der Waals surface area contributed by atoms with Crippen molar-refractivity contribution < 1.29 is 18.0 Å². The Morgan fingerprint density at radius 1 is 1.13 bits per heavy atom. The number of nitrogens with one attached hydrogen (secondary N) is 3. The van der Waals surface area contributed by atoms with Gasteiger partial charge in [0.05, 0.1) is 21.2 Å². The number of halogens is 1. The van der Waals surface area contributed by atoms with Crippen molar-refractivity contribution in [2.24, 2.45) is 5.92 Å². The van der Waals surface area contributed by atoms with Crippen molar-refractivity contribution in [1.82, 2.24) is 14.6 Å². The number of amides is 2. The third kappa shape index (κ3) is 5.59. The van der Waals surface area contributed by atoms with Gasteiger partial charge in [0.25, 0.3) is 5.91 Å². The van der Waals surface area contributed by atoms with Gasteiger partial charge >= 0.3 is 0 Å². The number of sulfonamides is 1. The lowest BCUT2D eigenvalue weighted by Gasteiger charge is -2.22. The summed E-state index contributed by atoms with van der Waals surface area (Å²) in [6.45, 7) is 1.49. The highest BCUT2D eigenvalue weighted by Crippen LogP contribution is 2.25. The summed E-state index contributed by atoms with van der Waals surface area (Å²) in [5, 5.41) is 9.00. The zero-order chi connectivity index (χ0) is 22.6. The van der Waals surface area contributed by atoms with E-state index in [0.29, 0.717) is 17.9 Å². The molecule has 166 valence electrons. The molecule has 0 bridgehead atoms. The molecule has 0 aliphatic carbocycles. The predicted octanol–water partition coefficient (Wildman–Crippen LogP) is 2.18. The maximum Gasteiger partial charge on any atom is 0.258 e. The standard InChI is InChI=1S/C20H24ClN5O4S/c1-26(2)31(29,30)15-4-5-17(24-19(27)13-7-9-22-10-8-13)16(11-15)20(28)25-18-6-3-14(21)12-23-18/h3-6,11-13,22H,7-10H2,1-2H3,(H,24,27)(H,23,25,28). The first kappa shape index (κ1) is 23.1. The lowest BCUT2D eigenvalue weighted by molar-refractivity contribution is -0.120. The lowest BCUT2D eigenvalue weighted by Crippen LogP contribution is -2.35. The van der Waals surface area contributed by atoms with E-state index in [9.17, 15) is 18.0 Å². The van der Waals surface area contributed by atoms with Gasteiger partial charge in [-0.2, -0.15) is 0 Å². The van der Waals surface area contributed by atoms with Gasteiger partial charge in [-0.15, -0.1) is 0 Å². The van der Waals surface area contributed by atoms with Gasteiger partial charge in [-0.1, -0.05) is 11.6 Å². The molecule has 0 radical (unpaired) electrons. The third-order valence-electron chi connectivity index (χ3n) is 4.95. The summed E-state index contributed by atoms with van der Waals surface area (Å²) in [5.41, 5.74) is 0.245. The normalized spacial score (nSPS) is 15.0. The Morgan fingerprint density at radius 3 is 2.45 bits per heavy atom. The van der Waals surface area contributed by atoms with E-state index in [0.717, 1.165) is 17.4 Å². The lowest BCUT2D eigenvalue weighted by atomic mass is 9.97. The summed E-state index contributed by atoms with van der Waals surface area (Å²) in [6.07, 6.45) is 2.76. The number of pyridine rings is 1. The van der Waals surface area contributed by atoms with Crippen LogP contribution in [0.25, 0.3) is 0 Å². The van der Waals surface area contributed by atoms with E-state index in [2.05, 4.69) is 20.9 Å². The maximum atomic E-state index is 13.0. The second-order valence-corrected chi connectivity index (χ2v) is 9.91. The number of anilines is 2. The fourth-order valence-electron chi connectivity index (χ4n) is 3.14. The topological polar surface area (TPSA) is 121 Å². The van der Waals surface area contributed by atoms with Crippen LogP contribution >= 0.6 is 11.6 Å². The van der Waals surface area contributed by atoms with Crippen LogP contribution in [-0.4, -0.2) is 56.7 Å². The van der Waals surface area contributed by atoms with E-state index in [-0.39, 0.29) is 33.8 Å². The third-order valence-corrected chi connectivity index (χ3v) is 6.99. The molecule has 11 heteroatoms. The molecule has 2 heterocycles. The summed E-state index contributed by atoms with van der Waals surface area (Å²) < 4.78 is 26.2. The summed E-state index contributed by atoms with van der Waals surface area (Å²) in [4.78, 5) is 29.6. The fourth-order valence-corrected chi connectivity index (χ4v) is 4.18. The van der Waals surface area contributed by atoms with Crippen LogP contribution in [-0.2, 0) is 14.8 Å². The van der Waals surface area contributed by atoms with Gasteiger partial charge in [0.2, 0.25) is 15.9 Å². The van der Waals surface area contributed by atoms with Gasteiger partial charge < -0.3 is 16.0 Å². The quantitative estimate of drug-likeness (QED) is 0.601. The highest BCUT2D eigenvalue weighted by Gasteiger charge is 2.25. The number of aromatic nitrogens is 1. The molecule has 1 saturated heterocycles. The van der Waals surface area contributed by atoms with Gasteiger partial charge in [0.1, 0.15) is 5.82 Å². The largest absolute Gasteiger partial charge is 0.325 e. The first-order valence-electron chi connectivity index (χ1n) is 9.69. The molecule has 1 aromatic heterocycles. The SMILES string of the molecule is CN(C)S(=O)(=O)c1ccc(NC(=O)C2CCNCC2)c(C(=O)Nc2ccc(Cl)cn2)c1. The van der Waals surface area contributed by atoms with Crippen molar-refractivity contribution in [3.05, 3.63) is 47.1 Å². The van der Waals surface area contributed by atoms with E-state index >= 15 is 0 Å². The summed E-state index contributed by atoms with van der Waals surface area (Å²) in [5.74, 6) is -0.749. The molecule has 9 nitrogen and oxygen atoms in total. The number of piperidine rings is 1. The number of carbonyl (C=O) groups is 2. The van der Waals surface area contributed by atoms with Crippen LogP contribution in [0.4, 0.5) is 11.5 Å². The summed E-state index contributed by atoms with van der Waals surface area (Å²) in [7, 11) is -0.973. The minimum Gasteiger partial charge on any atom is -0.325 e. The Kier molecular flexibility index (Phi) is 7.26. The van der Waals surface area contributed by atoms with E-state index in [1.807, 2.05) is 0 Å². The summed E-state index contributed by atoms with van der Waals surface area (Å²) >= 11 is 5.82. The molecule has 3 N–H and O–H groups in total. The average Bonchev–Trinajstić information content (AvgIpc) is 2.76. The first-order valence-corrected chi connectivity index (χ1v) is 11.5. The van der Waals surface area contributed by atoms with Crippen molar-refractivity contribution in [2.75, 3.05) is 37.8 Å². The van der Waals surface area contributed by atoms with Crippen LogP contribution in [0.5, 0.6) is 0 Å². The van der Waals surface area contributed by atoms with E-state index in [1.54, 1.807) is 6.07 Å². The molecule has 0 atom stereocenters. The van der Waals surface area contributed by atoms with E-state index in [4.69, 9.17) is 11.6 Å². The number of nitrogens with zero attached hydrogens (tertiary/aromatic N) is 2. The van der Waals surface area contributed by atoms with Crippen molar-refractivity contribution in [3.63, 3.8) is 0 Å². The van der Waals surface area contributed by atoms with Crippen LogP contribution in [0.1, 0.15) is 23.2 Å². The molecule has 1 aliphatic rings. The maximum absolute atomic E-state index is 13.0. The van der Waals surface area contributed by atoms with Crippen molar-refractivity contribution in [3.8, 4) is 0 Å². The molecule has 2 amide bonds. The number of carbonyl (C=O) groups excluding carboxylic acids is 2. The van der Waals surface area contributed by atoms with Crippen LogP contribution in [0.15, 0.2) is 41.4 Å². The highest BCUT2D eigenvalue weighted by atomic mass is 35.5. The van der Waals surface area contributed by atoms with Crippen LogP contribution in [0, 0.1) is 5.92 Å². The van der Waals surface area contributed by atoms with Crippen molar-refractivity contribution in [2.45, 2.75) is 17.7 Å². The van der Waals surface area contributed by atoms with Gasteiger partial charge in [-0.3, -0.25) is 9.59 Å². The number of rotatable bonds is 6. The molecule has 1 fully saturated rings. The van der Waals surface area contributed by atoms with Crippen LogP contribution < -0.4 is 16.0 Å². The number of hydrogen-bond acceptors (Lipinski definition) is 6. The molecule has 2 aromatic rings. The Labute approximate surface area is 186 Å².